The number of nitrogens with zero attached hydrogens (tertiary/aromatic N) is 3. The number of carbonyl (C=O) groups excluding carboxylic acids is 7. The van der Waals surface area contributed by atoms with Crippen LogP contribution in [0.5, 0.6) is 11.8 Å². The Hall–Kier alpha value is -8.08. The predicted octanol–water partition coefficient (Wildman–Crippen LogP) is 12.4. The molecule has 0 saturated heterocycles. The molecule has 2 aromatic heterocycles. The van der Waals surface area contributed by atoms with E-state index in [1.807, 2.05) is 64.6 Å². The van der Waals surface area contributed by atoms with Crippen molar-refractivity contribution in [2.24, 2.45) is 17.6 Å². The monoisotopic (exact) mass is 1360 g/mol. The van der Waals surface area contributed by atoms with Gasteiger partial charge in [0, 0.05) is 115 Å². The van der Waals surface area contributed by atoms with Gasteiger partial charge in [0.25, 0.3) is 11.8 Å². The second-order valence-corrected chi connectivity index (χ2v) is 30.1. The summed E-state index contributed by atoms with van der Waals surface area (Å²) in [4.78, 5) is 102. The number of nitrogens with one attached hydrogen (secondary N) is 7. The standard InChI is InChI=1S/C76H105N11O10S/c1-11-49-46-87(61-43-48(6)53-23-18-19-24-55(53)66(49)61)71(94)59-44-56-54-33-40-85(60(54)31-30-57(56)82-59)70(93)50-26-28-52(29-27-50)81-68(91)58(25-20-37-80-73(77)96)83-69(92)67(47(4)5)79-39-38-78-63(88)32-35-75(9,10)97-42-36-74(7,8)84-64(89)34-41-86-65(90)45-62(72(86)95)98-76(12-2,13-3)51-21-16-14-15-17-22-51/h18-19,23-24,26-31,43-45,47,49,51,58,67,79,82,90,95H,11-17,20-22,25,32-42,46H2,1-10H3,(H,78,88)(H,81,91)(H,83,92)(H,84,89)(H3,77,80,96). The van der Waals surface area contributed by atoms with Crippen LogP contribution in [-0.2, 0) is 36.9 Å². The van der Waals surface area contributed by atoms with Gasteiger partial charge >= 0.3 is 6.03 Å². The van der Waals surface area contributed by atoms with Crippen molar-refractivity contribution in [3.8, 4) is 11.8 Å². The zero-order valence-corrected chi connectivity index (χ0v) is 60.0. The van der Waals surface area contributed by atoms with Crippen LogP contribution in [0.3, 0.4) is 0 Å². The summed E-state index contributed by atoms with van der Waals surface area (Å²) in [5, 5.41) is 43.1. The number of urea groups is 1. The smallest absolute Gasteiger partial charge is 0.312 e. The van der Waals surface area contributed by atoms with Gasteiger partial charge in [0.1, 0.15) is 11.7 Å². The Kier molecular flexibility index (Phi) is 24.8. The molecule has 1 saturated carbocycles. The molecule has 2 aliphatic heterocycles. The fraction of sp³-hybridized carbons (Fsp3) is 0.539. The van der Waals surface area contributed by atoms with Crippen LogP contribution >= 0.6 is 11.8 Å². The molecule has 98 heavy (non-hydrogen) atoms. The van der Waals surface area contributed by atoms with Gasteiger partial charge in [-0.15, -0.1) is 11.8 Å². The molecule has 1 fully saturated rings. The Balaban J connectivity index is 0.712. The SMILES string of the molecule is CCC1CN(C(=O)c2cc3c4c(ccc3[nH]2)N(C(=O)c2ccc(NC(=O)C(CCCNC(N)=O)NC(=O)C(NCCNC(=O)CCC(C)(C)OCCC(C)(C)NC(=O)CCn3c(O)cc(SC(CC)(CC)C5CCCCCC5)c3O)C(C)C)cc2)CC4)c2cc(C)c3ccccc3c21. The molecule has 3 unspecified atom stereocenters. The van der Waals surface area contributed by atoms with Crippen LogP contribution in [0, 0.1) is 18.8 Å². The van der Waals surface area contributed by atoms with E-state index in [0.29, 0.717) is 73.1 Å². The number of ether oxygens (including phenoxy) is 1. The number of primary amides is 1. The van der Waals surface area contributed by atoms with Gasteiger partial charge in [-0.1, -0.05) is 84.6 Å². The van der Waals surface area contributed by atoms with E-state index in [4.69, 9.17) is 10.5 Å². The van der Waals surface area contributed by atoms with Crippen LogP contribution < -0.4 is 47.4 Å². The molecule has 4 heterocycles. The van der Waals surface area contributed by atoms with Crippen molar-refractivity contribution in [1.82, 2.24) is 36.1 Å². The Morgan fingerprint density at radius 3 is 2.16 bits per heavy atom. The van der Waals surface area contributed by atoms with E-state index >= 15 is 0 Å². The number of carbonyl (C=O) groups is 7. The van der Waals surface area contributed by atoms with Gasteiger partial charge in [-0.05, 0) is 187 Å². The summed E-state index contributed by atoms with van der Waals surface area (Å²) in [6.07, 6.45) is 12.4. The molecule has 3 atom stereocenters. The molecular weight excluding hydrogens is 1260 g/mol. The van der Waals surface area contributed by atoms with Gasteiger partial charge < -0.3 is 67.4 Å². The molecular formula is C76H105N11O10S. The molecule has 0 bridgehead atoms. The van der Waals surface area contributed by atoms with Crippen molar-refractivity contribution in [3.05, 3.63) is 107 Å². The lowest BCUT2D eigenvalue weighted by molar-refractivity contribution is -0.128. The molecule has 9 rings (SSSR count). The highest BCUT2D eigenvalue weighted by Crippen LogP contribution is 2.52. The summed E-state index contributed by atoms with van der Waals surface area (Å²) in [7, 11) is 0. The minimum absolute atomic E-state index is 0.00510. The van der Waals surface area contributed by atoms with Crippen LogP contribution in [0.2, 0.25) is 0 Å². The molecule has 0 spiro atoms. The molecule has 11 N–H and O–H groups in total. The van der Waals surface area contributed by atoms with Crippen molar-refractivity contribution in [2.75, 3.05) is 54.4 Å². The first kappa shape index (κ1) is 74.2. The average molecular weight is 1360 g/mol. The normalized spacial score (nSPS) is 15.8. The molecule has 4 aromatic carbocycles. The molecule has 1 aliphatic carbocycles. The van der Waals surface area contributed by atoms with Gasteiger partial charge in [-0.3, -0.25) is 33.3 Å². The zero-order valence-electron chi connectivity index (χ0n) is 59.1. The van der Waals surface area contributed by atoms with Crippen LogP contribution in [0.15, 0.2) is 83.8 Å². The van der Waals surface area contributed by atoms with Crippen LogP contribution in [0.25, 0.3) is 21.7 Å². The first-order chi connectivity index (χ1) is 46.8. The second kappa shape index (κ2) is 32.7. The number of hydrogen-bond acceptors (Lipinski definition) is 12. The van der Waals surface area contributed by atoms with Crippen molar-refractivity contribution in [1.29, 1.82) is 0 Å². The van der Waals surface area contributed by atoms with E-state index in [-0.39, 0.29) is 97.4 Å². The highest BCUT2D eigenvalue weighted by atomic mass is 32.2. The number of anilines is 3. The van der Waals surface area contributed by atoms with E-state index in [9.17, 15) is 43.8 Å². The number of H-pyrrole nitrogens is 1. The molecule has 0 radical (unpaired) electrons. The van der Waals surface area contributed by atoms with Gasteiger partial charge in [0.15, 0.2) is 5.88 Å². The van der Waals surface area contributed by atoms with Gasteiger partial charge in [0.2, 0.25) is 29.5 Å². The highest BCUT2D eigenvalue weighted by molar-refractivity contribution is 8.00. The summed E-state index contributed by atoms with van der Waals surface area (Å²) >= 11 is 1.68. The van der Waals surface area contributed by atoms with E-state index in [2.05, 4.69) is 94.9 Å². The largest absolute Gasteiger partial charge is 0.494 e. The molecule has 22 heteroatoms. The average Bonchev–Trinajstić information content (AvgIpc) is 1.58. The Morgan fingerprint density at radius 2 is 1.48 bits per heavy atom. The summed E-state index contributed by atoms with van der Waals surface area (Å²) in [5.74, 6) is -1.17. The fourth-order valence-electron chi connectivity index (χ4n) is 14.7. The number of nitrogens with two attached hydrogens (primary N) is 1. The van der Waals surface area contributed by atoms with Crippen molar-refractivity contribution < 1.29 is 48.5 Å². The van der Waals surface area contributed by atoms with Crippen LogP contribution in [0.1, 0.15) is 202 Å². The second-order valence-electron chi connectivity index (χ2n) is 28.6. The number of aromatic nitrogens is 2. The minimum Gasteiger partial charge on any atom is -0.494 e. The molecule has 8 amide bonds. The van der Waals surface area contributed by atoms with Crippen molar-refractivity contribution >= 4 is 92.0 Å². The van der Waals surface area contributed by atoms with Crippen LogP contribution in [-0.4, -0.2) is 129 Å². The molecule has 6 aromatic rings. The quantitative estimate of drug-likeness (QED) is 0.0107. The third kappa shape index (κ3) is 17.8. The Bertz CT molecular complexity index is 3830. The molecule has 530 valence electrons. The maximum absolute atomic E-state index is 14.4. The Labute approximate surface area is 581 Å². The number of aromatic hydroxyl groups is 2. The topological polar surface area (TPSA) is 295 Å². The third-order valence-electron chi connectivity index (χ3n) is 20.5. The number of fused-ring (bicyclic) bond motifs is 6. The number of thioether (sulfide) groups is 1. The number of aryl methyl sites for hydroxylation is 1. The van der Waals surface area contributed by atoms with Crippen molar-refractivity contribution in [3.63, 3.8) is 0 Å². The van der Waals surface area contributed by atoms with E-state index in [0.717, 1.165) is 52.7 Å². The van der Waals surface area contributed by atoms with E-state index in [1.54, 1.807) is 47.0 Å². The van der Waals surface area contributed by atoms with Gasteiger partial charge in [0.05, 0.1) is 16.5 Å². The molecule has 3 aliphatic rings. The first-order valence-electron chi connectivity index (χ1n) is 35.6. The third-order valence-corrected chi connectivity index (χ3v) is 22.3. The molecule has 21 nitrogen and oxygen atoms in total. The first-order valence-corrected chi connectivity index (χ1v) is 36.4. The van der Waals surface area contributed by atoms with E-state index in [1.165, 1.54) is 59.4 Å². The Morgan fingerprint density at radius 1 is 0.765 bits per heavy atom. The van der Waals surface area contributed by atoms with E-state index < -0.39 is 41.1 Å². The lowest BCUT2D eigenvalue weighted by atomic mass is 9.81. The number of amides is 8. The highest BCUT2D eigenvalue weighted by Gasteiger charge is 2.40. The minimum atomic E-state index is -1.02. The van der Waals surface area contributed by atoms with Crippen molar-refractivity contribution in [2.45, 2.75) is 217 Å². The summed E-state index contributed by atoms with van der Waals surface area (Å²) < 4.78 is 7.63. The number of hydrogen-bond donors (Lipinski definition) is 10. The lowest BCUT2D eigenvalue weighted by Gasteiger charge is -2.39. The number of benzene rings is 4. The maximum Gasteiger partial charge on any atom is 0.312 e. The zero-order chi connectivity index (χ0) is 70.6. The fourth-order valence-corrected chi connectivity index (χ4v) is 16.2. The van der Waals surface area contributed by atoms with Gasteiger partial charge in [-0.25, -0.2) is 4.79 Å². The number of rotatable bonds is 32. The lowest BCUT2D eigenvalue weighted by Crippen LogP contribution is -2.54. The van der Waals surface area contributed by atoms with Gasteiger partial charge in [-0.2, -0.15) is 0 Å². The summed E-state index contributed by atoms with van der Waals surface area (Å²) in [5.41, 5.74) is 11.2. The predicted molar refractivity (Wildman–Crippen MR) is 389 cm³/mol. The maximum atomic E-state index is 14.4. The summed E-state index contributed by atoms with van der Waals surface area (Å²) in [6.45, 7) is 22.2. The van der Waals surface area contributed by atoms with Crippen LogP contribution in [0.4, 0.5) is 21.9 Å². The number of aromatic amines is 1. The summed E-state index contributed by atoms with van der Waals surface area (Å²) in [6, 6.07) is 22.1.